The van der Waals surface area contributed by atoms with Crippen molar-refractivity contribution >= 4 is 11.9 Å². The zero-order valence-electron chi connectivity index (χ0n) is 16.9. The van der Waals surface area contributed by atoms with E-state index < -0.39 is 18.5 Å². The molecule has 1 N–H and O–H groups in total. The van der Waals surface area contributed by atoms with E-state index in [9.17, 15) is 9.59 Å². The van der Waals surface area contributed by atoms with Crippen LogP contribution in [0.4, 0.5) is 0 Å². The van der Waals surface area contributed by atoms with Crippen LogP contribution in [0, 0.1) is 0 Å². The molecule has 0 aromatic heterocycles. The van der Waals surface area contributed by atoms with Crippen LogP contribution in [0.15, 0.2) is 36.4 Å². The van der Waals surface area contributed by atoms with Gasteiger partial charge in [-0.25, -0.2) is 4.79 Å². The van der Waals surface area contributed by atoms with E-state index in [0.29, 0.717) is 29.4 Å². The molecule has 0 fully saturated rings. The maximum Gasteiger partial charge on any atom is 0.338 e. The third-order valence-corrected chi connectivity index (χ3v) is 4.02. The molecule has 0 aliphatic heterocycles. The summed E-state index contributed by atoms with van der Waals surface area (Å²) in [4.78, 5) is 24.2. The first-order valence-electron chi connectivity index (χ1n) is 8.83. The molecule has 29 heavy (non-hydrogen) atoms. The summed E-state index contributed by atoms with van der Waals surface area (Å²) >= 11 is 0. The van der Waals surface area contributed by atoms with Gasteiger partial charge in [-0.15, -0.1) is 0 Å². The fourth-order valence-electron chi connectivity index (χ4n) is 2.66. The molecule has 0 saturated carbocycles. The highest BCUT2D eigenvalue weighted by atomic mass is 16.5. The Balaban J connectivity index is 1.91. The molecule has 0 aliphatic rings. The molecular formula is C21H25NO7. The lowest BCUT2D eigenvalue weighted by Gasteiger charge is -2.14. The fraction of sp³-hybridized carbons (Fsp3) is 0.333. The molecule has 0 unspecified atom stereocenters. The second kappa shape index (κ2) is 10.9. The molecule has 0 bridgehead atoms. The molecule has 1 amide bonds. The number of hydrogen-bond donors (Lipinski definition) is 1. The molecule has 8 nitrogen and oxygen atoms in total. The molecule has 0 saturated heterocycles. The van der Waals surface area contributed by atoms with E-state index >= 15 is 0 Å². The van der Waals surface area contributed by atoms with Crippen LogP contribution in [0.25, 0.3) is 0 Å². The molecule has 0 heterocycles. The number of ether oxygens (including phenoxy) is 5. The van der Waals surface area contributed by atoms with Gasteiger partial charge in [0.15, 0.2) is 18.1 Å². The van der Waals surface area contributed by atoms with Crippen molar-refractivity contribution in [3.8, 4) is 17.2 Å². The van der Waals surface area contributed by atoms with E-state index in [-0.39, 0.29) is 6.54 Å². The summed E-state index contributed by atoms with van der Waals surface area (Å²) in [5.74, 6) is 0.428. The number of nitrogens with one attached hydrogen (secondary N) is 1. The average molecular weight is 403 g/mol. The van der Waals surface area contributed by atoms with Crippen molar-refractivity contribution in [3.05, 3.63) is 53.1 Å². The van der Waals surface area contributed by atoms with Crippen LogP contribution in [-0.4, -0.2) is 46.9 Å². The standard InChI is InChI=1S/C21H25NO7/c1-25-12-14-6-5-7-16(8-14)21(24)29-13-19(23)22-11-15-9-17(26-2)20(28-4)18(10-15)27-3/h5-10H,11-13H2,1-4H3,(H,22,23). The van der Waals surface area contributed by atoms with Gasteiger partial charge in [0, 0.05) is 13.7 Å². The maximum atomic E-state index is 12.1. The van der Waals surface area contributed by atoms with Crippen molar-refractivity contribution in [1.29, 1.82) is 0 Å². The van der Waals surface area contributed by atoms with E-state index in [0.717, 1.165) is 11.1 Å². The van der Waals surface area contributed by atoms with Gasteiger partial charge >= 0.3 is 5.97 Å². The van der Waals surface area contributed by atoms with Gasteiger partial charge in [-0.1, -0.05) is 12.1 Å². The van der Waals surface area contributed by atoms with Crippen molar-refractivity contribution in [3.63, 3.8) is 0 Å². The Morgan fingerprint density at radius 3 is 2.17 bits per heavy atom. The topological polar surface area (TPSA) is 92.3 Å². The number of esters is 1. The van der Waals surface area contributed by atoms with E-state index in [1.165, 1.54) is 21.3 Å². The third kappa shape index (κ3) is 6.11. The Morgan fingerprint density at radius 2 is 1.59 bits per heavy atom. The first kappa shape index (κ1) is 22.0. The summed E-state index contributed by atoms with van der Waals surface area (Å²) in [7, 11) is 6.12. The van der Waals surface area contributed by atoms with Gasteiger partial charge < -0.3 is 29.0 Å². The molecule has 2 aromatic rings. The predicted octanol–water partition coefficient (Wildman–Crippen LogP) is 2.33. The minimum absolute atomic E-state index is 0.205. The summed E-state index contributed by atoms with van der Waals surface area (Å²) in [6, 6.07) is 10.3. The molecule has 156 valence electrons. The lowest BCUT2D eigenvalue weighted by atomic mass is 10.1. The normalized spacial score (nSPS) is 10.2. The van der Waals surface area contributed by atoms with E-state index in [4.69, 9.17) is 23.7 Å². The van der Waals surface area contributed by atoms with Gasteiger partial charge in [0.2, 0.25) is 5.75 Å². The molecule has 0 aliphatic carbocycles. The summed E-state index contributed by atoms with van der Waals surface area (Å²) in [6.45, 7) is 0.199. The first-order chi connectivity index (χ1) is 14.0. The van der Waals surface area contributed by atoms with E-state index in [1.54, 1.807) is 37.4 Å². The zero-order chi connectivity index (χ0) is 21.2. The van der Waals surface area contributed by atoms with Crippen molar-refractivity contribution in [1.82, 2.24) is 5.32 Å². The molecule has 8 heteroatoms. The van der Waals surface area contributed by atoms with Crippen molar-refractivity contribution in [2.45, 2.75) is 13.2 Å². The highest BCUT2D eigenvalue weighted by Gasteiger charge is 2.14. The highest BCUT2D eigenvalue weighted by molar-refractivity contribution is 5.91. The van der Waals surface area contributed by atoms with Crippen LogP contribution in [0.1, 0.15) is 21.5 Å². The number of carbonyl (C=O) groups excluding carboxylic acids is 2. The quantitative estimate of drug-likeness (QED) is 0.609. The summed E-state index contributed by atoms with van der Waals surface area (Å²) in [5.41, 5.74) is 1.94. The smallest absolute Gasteiger partial charge is 0.338 e. The fourth-order valence-corrected chi connectivity index (χ4v) is 2.66. The predicted molar refractivity (Wildman–Crippen MR) is 105 cm³/mol. The number of benzene rings is 2. The number of carbonyl (C=O) groups is 2. The van der Waals surface area contributed by atoms with Gasteiger partial charge in [-0.3, -0.25) is 4.79 Å². The number of methoxy groups -OCH3 is 4. The monoisotopic (exact) mass is 403 g/mol. The maximum absolute atomic E-state index is 12.1. The Hall–Kier alpha value is -3.26. The Kier molecular flexibility index (Phi) is 8.29. The van der Waals surface area contributed by atoms with Crippen molar-refractivity contribution in [2.75, 3.05) is 35.0 Å². The number of amides is 1. The first-order valence-corrected chi connectivity index (χ1v) is 8.83. The van der Waals surface area contributed by atoms with Crippen molar-refractivity contribution in [2.24, 2.45) is 0 Å². The lowest BCUT2D eigenvalue weighted by molar-refractivity contribution is -0.124. The second-order valence-electron chi connectivity index (χ2n) is 6.02. The second-order valence-corrected chi connectivity index (χ2v) is 6.02. The molecular weight excluding hydrogens is 378 g/mol. The molecule has 0 spiro atoms. The summed E-state index contributed by atoms with van der Waals surface area (Å²) < 4.78 is 26.0. The minimum Gasteiger partial charge on any atom is -0.493 e. The molecule has 0 radical (unpaired) electrons. The van der Waals surface area contributed by atoms with Crippen LogP contribution >= 0.6 is 0 Å². The van der Waals surface area contributed by atoms with E-state index in [1.807, 2.05) is 6.07 Å². The average Bonchev–Trinajstić information content (AvgIpc) is 2.75. The van der Waals surface area contributed by atoms with Gasteiger partial charge in [-0.05, 0) is 35.4 Å². The zero-order valence-corrected chi connectivity index (χ0v) is 16.9. The van der Waals surface area contributed by atoms with Crippen LogP contribution in [0.5, 0.6) is 17.2 Å². The van der Waals surface area contributed by atoms with Gasteiger partial charge in [0.05, 0.1) is 33.5 Å². The third-order valence-electron chi connectivity index (χ3n) is 4.02. The molecule has 2 rings (SSSR count). The van der Waals surface area contributed by atoms with E-state index in [2.05, 4.69) is 5.32 Å². The summed E-state index contributed by atoms with van der Waals surface area (Å²) in [5, 5.41) is 2.69. The number of rotatable bonds is 10. The van der Waals surface area contributed by atoms with Gasteiger partial charge in [0.1, 0.15) is 0 Å². The van der Waals surface area contributed by atoms with Gasteiger partial charge in [-0.2, -0.15) is 0 Å². The van der Waals surface area contributed by atoms with Crippen LogP contribution < -0.4 is 19.5 Å². The van der Waals surface area contributed by atoms with Crippen LogP contribution in [-0.2, 0) is 27.4 Å². The van der Waals surface area contributed by atoms with Crippen LogP contribution in [0.2, 0.25) is 0 Å². The number of hydrogen-bond acceptors (Lipinski definition) is 7. The van der Waals surface area contributed by atoms with Crippen molar-refractivity contribution < 1.29 is 33.3 Å². The Morgan fingerprint density at radius 1 is 0.897 bits per heavy atom. The van der Waals surface area contributed by atoms with Crippen LogP contribution in [0.3, 0.4) is 0 Å². The Bertz CT molecular complexity index is 826. The highest BCUT2D eigenvalue weighted by Crippen LogP contribution is 2.38. The Labute approximate surface area is 169 Å². The SMILES string of the molecule is COCc1cccc(C(=O)OCC(=O)NCc2cc(OC)c(OC)c(OC)c2)c1. The largest absolute Gasteiger partial charge is 0.493 e. The summed E-state index contributed by atoms with van der Waals surface area (Å²) in [6.07, 6.45) is 0. The molecule has 2 aromatic carbocycles. The molecule has 0 atom stereocenters. The lowest BCUT2D eigenvalue weighted by Crippen LogP contribution is -2.28. The minimum atomic E-state index is -0.578. The van der Waals surface area contributed by atoms with Gasteiger partial charge in [0.25, 0.3) is 5.91 Å².